The maximum Gasteiger partial charge on any atom is 0.311 e. The topological polar surface area (TPSA) is 64.4 Å². The van der Waals surface area contributed by atoms with E-state index < -0.39 is 0 Å². The third-order valence-corrected chi connectivity index (χ3v) is 2.86. The molecule has 1 aromatic carbocycles. The van der Waals surface area contributed by atoms with Crippen LogP contribution in [0.3, 0.4) is 0 Å². The highest BCUT2D eigenvalue weighted by atomic mass is 16.6. The van der Waals surface area contributed by atoms with Crippen LogP contribution in [0.2, 0.25) is 0 Å². The van der Waals surface area contributed by atoms with Crippen LogP contribution >= 0.6 is 0 Å². The number of nitrogens with zero attached hydrogens (tertiary/aromatic N) is 1. The number of nitro benzene ring substituents is 1. The molecule has 0 spiro atoms. The van der Waals surface area contributed by atoms with Crippen LogP contribution in [-0.2, 0) is 6.54 Å². The van der Waals surface area contributed by atoms with Gasteiger partial charge in [-0.15, -0.1) is 0 Å². The monoisotopic (exact) mass is 266 g/mol. The van der Waals surface area contributed by atoms with Crippen molar-refractivity contribution in [3.8, 4) is 5.75 Å². The van der Waals surface area contributed by atoms with Gasteiger partial charge in [-0.1, -0.05) is 32.3 Å². The van der Waals surface area contributed by atoms with Crippen molar-refractivity contribution < 1.29 is 9.66 Å². The van der Waals surface area contributed by atoms with Gasteiger partial charge in [-0.3, -0.25) is 10.1 Å². The van der Waals surface area contributed by atoms with Gasteiger partial charge < -0.3 is 10.1 Å². The summed E-state index contributed by atoms with van der Waals surface area (Å²) in [6, 6.07) is 5.10. The molecule has 0 saturated heterocycles. The molecule has 5 heteroatoms. The molecule has 0 bridgehead atoms. The van der Waals surface area contributed by atoms with E-state index in [9.17, 15) is 10.1 Å². The third kappa shape index (κ3) is 5.26. The fraction of sp³-hybridized carbons (Fsp3) is 0.571. The van der Waals surface area contributed by atoms with Crippen molar-refractivity contribution in [3.63, 3.8) is 0 Å². The molecule has 0 unspecified atom stereocenters. The first-order valence-electron chi connectivity index (χ1n) is 6.73. The second kappa shape index (κ2) is 8.48. The van der Waals surface area contributed by atoms with E-state index in [2.05, 4.69) is 12.2 Å². The van der Waals surface area contributed by atoms with Crippen molar-refractivity contribution in [2.24, 2.45) is 0 Å². The summed E-state index contributed by atoms with van der Waals surface area (Å²) in [4.78, 5) is 10.6. The third-order valence-electron chi connectivity index (χ3n) is 2.86. The minimum Gasteiger partial charge on any atom is -0.487 e. The average Bonchev–Trinajstić information content (AvgIpc) is 2.40. The minimum atomic E-state index is -0.388. The molecule has 0 aliphatic heterocycles. The lowest BCUT2D eigenvalue weighted by atomic mass is 10.2. The Morgan fingerprint density at radius 2 is 2.11 bits per heavy atom. The largest absolute Gasteiger partial charge is 0.487 e. The highest BCUT2D eigenvalue weighted by Crippen LogP contribution is 2.28. The Kier molecular flexibility index (Phi) is 6.89. The SMILES string of the molecule is CCCCCCOc1ccc(CNC)cc1[N+](=O)[O-]. The first-order chi connectivity index (χ1) is 9.19. The summed E-state index contributed by atoms with van der Waals surface area (Å²) in [6.07, 6.45) is 4.37. The van der Waals surface area contributed by atoms with Crippen LogP contribution < -0.4 is 10.1 Å². The Morgan fingerprint density at radius 3 is 2.74 bits per heavy atom. The van der Waals surface area contributed by atoms with Crippen LogP contribution in [0, 0.1) is 10.1 Å². The molecule has 1 aromatic rings. The number of ether oxygens (including phenoxy) is 1. The molecule has 1 N–H and O–H groups in total. The van der Waals surface area contributed by atoms with Gasteiger partial charge in [0, 0.05) is 12.6 Å². The molecule has 1 rings (SSSR count). The minimum absolute atomic E-state index is 0.0447. The molecular formula is C14H22N2O3. The lowest BCUT2D eigenvalue weighted by Gasteiger charge is -2.08. The van der Waals surface area contributed by atoms with Crippen LogP contribution in [0.4, 0.5) is 5.69 Å². The standard InChI is InChI=1S/C14H22N2O3/c1-3-4-5-6-9-19-14-8-7-12(11-15-2)10-13(14)16(17)18/h7-8,10,15H,3-6,9,11H2,1-2H3. The Balaban J connectivity index is 2.63. The van der Waals surface area contributed by atoms with E-state index in [4.69, 9.17) is 4.74 Å². The molecule has 0 atom stereocenters. The van der Waals surface area contributed by atoms with Gasteiger partial charge in [0.15, 0.2) is 5.75 Å². The van der Waals surface area contributed by atoms with Crippen LogP contribution in [0.15, 0.2) is 18.2 Å². The van der Waals surface area contributed by atoms with Crippen molar-refractivity contribution in [2.45, 2.75) is 39.2 Å². The number of unbranched alkanes of at least 4 members (excludes halogenated alkanes) is 3. The summed E-state index contributed by atoms with van der Waals surface area (Å²) < 4.78 is 5.52. The second-order valence-corrected chi connectivity index (χ2v) is 4.50. The first kappa shape index (κ1) is 15.4. The average molecular weight is 266 g/mol. The lowest BCUT2D eigenvalue weighted by Crippen LogP contribution is -2.06. The smallest absolute Gasteiger partial charge is 0.311 e. The molecule has 0 heterocycles. The van der Waals surface area contributed by atoms with Crippen molar-refractivity contribution in [1.29, 1.82) is 0 Å². The normalized spacial score (nSPS) is 10.4. The van der Waals surface area contributed by atoms with Gasteiger partial charge in [-0.05, 0) is 25.1 Å². The first-order valence-corrected chi connectivity index (χ1v) is 6.73. The predicted octanol–water partition coefficient (Wildman–Crippen LogP) is 3.27. The van der Waals surface area contributed by atoms with E-state index in [-0.39, 0.29) is 10.6 Å². The molecule has 0 aromatic heterocycles. The Morgan fingerprint density at radius 1 is 1.32 bits per heavy atom. The number of nitro groups is 1. The Bertz CT molecular complexity index is 408. The van der Waals surface area contributed by atoms with Crippen molar-refractivity contribution in [1.82, 2.24) is 5.32 Å². The molecule has 0 amide bonds. The van der Waals surface area contributed by atoms with Gasteiger partial charge in [0.1, 0.15) is 0 Å². The van der Waals surface area contributed by atoms with Gasteiger partial charge in [-0.25, -0.2) is 0 Å². The number of nitrogens with one attached hydrogen (secondary N) is 1. The molecule has 0 saturated carbocycles. The fourth-order valence-corrected chi connectivity index (χ4v) is 1.85. The number of hydrogen-bond donors (Lipinski definition) is 1. The van der Waals surface area contributed by atoms with Gasteiger partial charge >= 0.3 is 5.69 Å². The molecule has 0 aliphatic carbocycles. The fourth-order valence-electron chi connectivity index (χ4n) is 1.85. The molecular weight excluding hydrogens is 244 g/mol. The molecule has 0 fully saturated rings. The van der Waals surface area contributed by atoms with Crippen molar-refractivity contribution in [2.75, 3.05) is 13.7 Å². The van der Waals surface area contributed by atoms with E-state index in [1.54, 1.807) is 12.1 Å². The number of benzene rings is 1. The molecule has 5 nitrogen and oxygen atoms in total. The molecule has 19 heavy (non-hydrogen) atoms. The molecule has 0 aliphatic rings. The number of rotatable bonds is 9. The van der Waals surface area contributed by atoms with Gasteiger partial charge in [0.2, 0.25) is 0 Å². The number of hydrogen-bond acceptors (Lipinski definition) is 4. The van der Waals surface area contributed by atoms with Crippen molar-refractivity contribution >= 4 is 5.69 Å². The quantitative estimate of drug-likeness (QED) is 0.423. The molecule has 106 valence electrons. The van der Waals surface area contributed by atoms with Crippen LogP contribution in [0.25, 0.3) is 0 Å². The van der Waals surface area contributed by atoms with Crippen molar-refractivity contribution in [3.05, 3.63) is 33.9 Å². The van der Waals surface area contributed by atoms with E-state index in [0.717, 1.165) is 18.4 Å². The summed E-state index contributed by atoms with van der Waals surface area (Å²) in [5.41, 5.74) is 0.927. The molecule has 0 radical (unpaired) electrons. The van der Waals surface area contributed by atoms with E-state index in [0.29, 0.717) is 18.9 Å². The van der Waals surface area contributed by atoms with Crippen LogP contribution in [0.5, 0.6) is 5.75 Å². The Hall–Kier alpha value is -1.62. The maximum absolute atomic E-state index is 11.0. The Labute approximate surface area is 114 Å². The van der Waals surface area contributed by atoms with Crippen LogP contribution in [-0.4, -0.2) is 18.6 Å². The summed E-state index contributed by atoms with van der Waals surface area (Å²) in [5.74, 6) is 0.362. The maximum atomic E-state index is 11.0. The highest BCUT2D eigenvalue weighted by molar-refractivity contribution is 5.48. The zero-order valence-electron chi connectivity index (χ0n) is 11.6. The van der Waals surface area contributed by atoms with Crippen LogP contribution in [0.1, 0.15) is 38.2 Å². The zero-order valence-corrected chi connectivity index (χ0v) is 11.6. The van der Waals surface area contributed by atoms with E-state index >= 15 is 0 Å². The van der Waals surface area contributed by atoms with Gasteiger partial charge in [0.05, 0.1) is 11.5 Å². The van der Waals surface area contributed by atoms with E-state index in [1.165, 1.54) is 12.8 Å². The summed E-state index contributed by atoms with van der Waals surface area (Å²) >= 11 is 0. The lowest BCUT2D eigenvalue weighted by molar-refractivity contribution is -0.385. The predicted molar refractivity (Wildman–Crippen MR) is 75.5 cm³/mol. The second-order valence-electron chi connectivity index (χ2n) is 4.50. The highest BCUT2D eigenvalue weighted by Gasteiger charge is 2.15. The van der Waals surface area contributed by atoms with E-state index in [1.807, 2.05) is 13.1 Å². The van der Waals surface area contributed by atoms with Gasteiger partial charge in [-0.2, -0.15) is 0 Å². The summed E-state index contributed by atoms with van der Waals surface area (Å²) in [5, 5.41) is 14.0. The summed E-state index contributed by atoms with van der Waals surface area (Å²) in [7, 11) is 1.81. The van der Waals surface area contributed by atoms with Gasteiger partial charge in [0.25, 0.3) is 0 Å². The zero-order chi connectivity index (χ0) is 14.1. The summed E-state index contributed by atoms with van der Waals surface area (Å²) in [6.45, 7) is 3.29.